The molecule has 0 aromatic carbocycles. The van der Waals surface area contributed by atoms with Crippen LogP contribution in [0.5, 0.6) is 0 Å². The van der Waals surface area contributed by atoms with Gasteiger partial charge in [-0.2, -0.15) is 0 Å². The fourth-order valence-corrected chi connectivity index (χ4v) is 7.57. The lowest BCUT2D eigenvalue weighted by atomic mass is 10.0. The van der Waals surface area contributed by atoms with Gasteiger partial charge in [0.15, 0.2) is 10.8 Å². The van der Waals surface area contributed by atoms with Crippen molar-refractivity contribution in [3.05, 3.63) is 58.7 Å². The number of thiazole rings is 1. The lowest BCUT2D eigenvalue weighted by Crippen LogP contribution is -2.74. The lowest BCUT2D eigenvalue weighted by molar-refractivity contribution is -0.151. The molecule has 2 aromatic heterocycles. The molecule has 40 heavy (non-hydrogen) atoms. The highest BCUT2D eigenvalue weighted by molar-refractivity contribution is 8.06. The van der Waals surface area contributed by atoms with Crippen molar-refractivity contribution >= 4 is 76.0 Å². The van der Waals surface area contributed by atoms with Crippen molar-refractivity contribution in [2.75, 3.05) is 17.6 Å². The molecule has 0 saturated carbocycles. The van der Waals surface area contributed by atoms with Crippen LogP contribution in [0.1, 0.15) is 24.1 Å². The number of allylic oxidation sites excluding steroid dienone is 1. The van der Waals surface area contributed by atoms with Crippen LogP contribution in [0.3, 0.4) is 0 Å². The van der Waals surface area contributed by atoms with E-state index >= 15 is 0 Å². The maximum Gasteiger partial charge on any atom is 0.322 e. The van der Waals surface area contributed by atoms with Crippen molar-refractivity contribution in [3.8, 4) is 0 Å². The number of oxime groups is 1. The number of nitrogens with zero attached hydrogens (tertiary/aromatic N) is 4. The molecular formula is C25H24N6O6S3. The van der Waals surface area contributed by atoms with Gasteiger partial charge in [-0.25, -0.2) is 4.98 Å². The number of β-lactam (4-membered cyclic amide) rings is 1. The molecule has 3 unspecified atom stereocenters. The zero-order chi connectivity index (χ0) is 28.1. The summed E-state index contributed by atoms with van der Waals surface area (Å²) in [5.41, 5.74) is 0.897. The van der Waals surface area contributed by atoms with Crippen LogP contribution in [0.2, 0.25) is 0 Å². The number of aliphatic carboxylic acids is 1. The molecule has 1 aliphatic carbocycles. The average Bonchev–Trinajstić information content (AvgIpc) is 3.65. The summed E-state index contributed by atoms with van der Waals surface area (Å²) in [7, 11) is 0. The maximum absolute atomic E-state index is 13.3. The monoisotopic (exact) mass is 600 g/mol. The van der Waals surface area contributed by atoms with Gasteiger partial charge in [-0.15, -0.1) is 34.9 Å². The predicted molar refractivity (Wildman–Crippen MR) is 153 cm³/mol. The fourth-order valence-electron chi connectivity index (χ4n) is 4.25. The van der Waals surface area contributed by atoms with Gasteiger partial charge in [0.1, 0.15) is 28.0 Å². The van der Waals surface area contributed by atoms with Crippen LogP contribution in [-0.2, 0) is 24.0 Å². The fraction of sp³-hybridized carbons (Fsp3) is 0.320. The quantitative estimate of drug-likeness (QED) is 0.115. The molecule has 3 amide bonds. The number of carboxylic acid groups (broad SMARTS) is 1. The van der Waals surface area contributed by atoms with Gasteiger partial charge in [-0.05, 0) is 42.0 Å². The number of fused-ring (bicyclic) bond motifs is 1. The van der Waals surface area contributed by atoms with Gasteiger partial charge in [0.25, 0.3) is 5.91 Å². The average molecular weight is 601 g/mol. The molecular weight excluding hydrogens is 577 g/mol. The number of hydrogen-bond donors (Lipinski definition) is 3. The number of rotatable bonds is 11. The summed E-state index contributed by atoms with van der Waals surface area (Å²) >= 11 is 3.56. The molecule has 2 aromatic rings. The predicted octanol–water partition coefficient (Wildman–Crippen LogP) is 2.17. The first kappa shape index (κ1) is 27.9. The Hall–Kier alpha value is -3.69. The summed E-state index contributed by atoms with van der Waals surface area (Å²) in [4.78, 5) is 64.7. The Morgan fingerprint density at radius 2 is 2.25 bits per heavy atom. The Bertz CT molecular complexity index is 1380. The van der Waals surface area contributed by atoms with E-state index in [2.05, 4.69) is 25.8 Å². The minimum Gasteiger partial charge on any atom is -0.480 e. The Labute approximate surface area is 241 Å². The third-order valence-electron chi connectivity index (χ3n) is 6.36. The highest BCUT2D eigenvalue weighted by atomic mass is 32.2. The zero-order valence-corrected chi connectivity index (χ0v) is 23.3. The summed E-state index contributed by atoms with van der Waals surface area (Å²) in [6.45, 7) is -0.00185. The topological polar surface area (TPSA) is 163 Å². The molecule has 2 fully saturated rings. The number of nitrogens with one attached hydrogen (secondary N) is 2. The van der Waals surface area contributed by atoms with Crippen molar-refractivity contribution in [3.63, 3.8) is 0 Å². The van der Waals surface area contributed by atoms with Gasteiger partial charge < -0.3 is 25.5 Å². The SMILES string of the molecule is O=CNc1nc(C(=NOC2C=CCC2)C(=O)NC2C(=O)N3CC(SC=Cc4cccnc4)(C(=O)O)CS[C@H]23)cs1. The molecule has 3 aliphatic rings. The largest absolute Gasteiger partial charge is 0.480 e. The van der Waals surface area contributed by atoms with Crippen LogP contribution < -0.4 is 10.6 Å². The number of carbonyl (C=O) groups is 4. The van der Waals surface area contributed by atoms with E-state index in [1.807, 2.05) is 18.2 Å². The molecule has 3 N–H and O–H groups in total. The van der Waals surface area contributed by atoms with Crippen LogP contribution in [0, 0.1) is 0 Å². The Kier molecular flexibility index (Phi) is 8.52. The van der Waals surface area contributed by atoms with Crippen molar-refractivity contribution in [2.24, 2.45) is 5.16 Å². The molecule has 15 heteroatoms. The molecule has 2 aliphatic heterocycles. The van der Waals surface area contributed by atoms with Crippen molar-refractivity contribution in [1.29, 1.82) is 0 Å². The van der Waals surface area contributed by atoms with Crippen molar-refractivity contribution in [2.45, 2.75) is 35.1 Å². The molecule has 12 nitrogen and oxygen atoms in total. The van der Waals surface area contributed by atoms with E-state index in [1.165, 1.54) is 16.7 Å². The molecule has 0 spiro atoms. The van der Waals surface area contributed by atoms with Crippen LogP contribution in [0.4, 0.5) is 5.13 Å². The van der Waals surface area contributed by atoms with E-state index in [0.29, 0.717) is 6.41 Å². The minimum absolute atomic E-state index is 0.00185. The molecule has 2 saturated heterocycles. The van der Waals surface area contributed by atoms with E-state index in [9.17, 15) is 24.3 Å². The van der Waals surface area contributed by atoms with Crippen LogP contribution >= 0.6 is 34.9 Å². The normalized spacial score (nSPS) is 25.8. The highest BCUT2D eigenvalue weighted by Crippen LogP contribution is 2.44. The van der Waals surface area contributed by atoms with E-state index in [1.54, 1.807) is 35.3 Å². The summed E-state index contributed by atoms with van der Waals surface area (Å²) in [6.07, 6.45) is 10.7. The third kappa shape index (κ3) is 5.90. The minimum atomic E-state index is -1.23. The van der Waals surface area contributed by atoms with Crippen molar-refractivity contribution in [1.82, 2.24) is 20.2 Å². The summed E-state index contributed by atoms with van der Waals surface area (Å²) in [5.74, 6) is -1.83. The Morgan fingerprint density at radius 3 is 2.98 bits per heavy atom. The Balaban J connectivity index is 1.26. The summed E-state index contributed by atoms with van der Waals surface area (Å²) in [6, 6.07) is 2.78. The molecule has 0 bridgehead atoms. The third-order valence-corrected chi connectivity index (χ3v) is 10.0. The lowest BCUT2D eigenvalue weighted by Gasteiger charge is -2.53. The standard InChI is InChI=1S/C25H24N6O6S3/c32-14-27-24-28-17(11-38-24)18(30-37-16-5-1-2-6-16)20(33)29-19-21(34)31-12-25(23(35)36,13-39-22(19)31)40-9-7-15-4-3-8-26-10-15/h1,3-5,7-11,14,16,19,22H,2,6,12-13H2,(H,29,33)(H,35,36)(H,27,28,32)/t16?,19?,22-,25?/m1/s1. The van der Waals surface area contributed by atoms with Gasteiger partial charge in [-0.1, -0.05) is 17.3 Å². The van der Waals surface area contributed by atoms with Crippen LogP contribution in [-0.4, -0.2) is 84.4 Å². The van der Waals surface area contributed by atoms with E-state index in [-0.39, 0.29) is 40.8 Å². The number of anilines is 1. The Morgan fingerprint density at radius 1 is 1.38 bits per heavy atom. The first-order valence-corrected chi connectivity index (χ1v) is 15.0. The first-order valence-electron chi connectivity index (χ1n) is 12.2. The number of hydrogen-bond acceptors (Lipinski definition) is 11. The van der Waals surface area contributed by atoms with Crippen molar-refractivity contribution < 1.29 is 29.1 Å². The second-order valence-electron chi connectivity index (χ2n) is 9.01. The van der Waals surface area contributed by atoms with Gasteiger partial charge in [0.2, 0.25) is 12.3 Å². The number of pyridine rings is 1. The number of amides is 3. The smallest absolute Gasteiger partial charge is 0.322 e. The van der Waals surface area contributed by atoms with E-state index in [0.717, 1.165) is 41.5 Å². The molecule has 5 rings (SSSR count). The van der Waals surface area contributed by atoms with Crippen LogP contribution in [0.25, 0.3) is 6.08 Å². The second kappa shape index (κ2) is 12.2. The van der Waals surface area contributed by atoms with Gasteiger partial charge in [0.05, 0.1) is 0 Å². The second-order valence-corrected chi connectivity index (χ2v) is 12.3. The maximum atomic E-state index is 13.3. The summed E-state index contributed by atoms with van der Waals surface area (Å²) < 4.78 is -1.23. The van der Waals surface area contributed by atoms with E-state index < -0.39 is 28.0 Å². The number of carboxylic acids is 1. The van der Waals surface area contributed by atoms with Gasteiger partial charge in [0, 0.05) is 30.1 Å². The molecule has 0 radical (unpaired) electrons. The molecule has 208 valence electrons. The first-order chi connectivity index (χ1) is 19.4. The number of thioether (sulfide) groups is 2. The molecule has 4 heterocycles. The summed E-state index contributed by atoms with van der Waals surface area (Å²) in [5, 5.41) is 22.4. The van der Waals surface area contributed by atoms with Crippen LogP contribution in [0.15, 0.2) is 52.6 Å². The van der Waals surface area contributed by atoms with E-state index in [4.69, 9.17) is 4.84 Å². The zero-order valence-electron chi connectivity index (χ0n) is 20.8. The number of carbonyl (C=O) groups excluding carboxylic acids is 3. The van der Waals surface area contributed by atoms with Gasteiger partial charge >= 0.3 is 5.97 Å². The molecule has 4 atom stereocenters. The highest BCUT2D eigenvalue weighted by Gasteiger charge is 2.57. The van der Waals surface area contributed by atoms with Gasteiger partial charge in [-0.3, -0.25) is 24.2 Å². The number of aromatic nitrogens is 2.